The number of anilines is 2. The molecule has 6 rings (SSSR count). The number of methoxy groups -OCH3 is 1. The molecule has 0 atom stereocenters. The molecular weight excluding hydrogens is 556 g/mol. The fraction of sp³-hybridized carbons (Fsp3) is 0.194. The number of ether oxygens (including phenoxy) is 1. The van der Waals surface area contributed by atoms with E-state index in [4.69, 9.17) is 9.72 Å². The van der Waals surface area contributed by atoms with Crippen molar-refractivity contribution in [3.8, 4) is 5.75 Å². The highest BCUT2D eigenvalue weighted by Crippen LogP contribution is 2.38. The highest BCUT2D eigenvalue weighted by Gasteiger charge is 2.30. The molecule has 1 amide bonds. The number of carbonyl (C=O) groups is 1. The maximum atomic E-state index is 14.0. The fourth-order valence-electron chi connectivity index (χ4n) is 5.08. The van der Waals surface area contributed by atoms with Crippen LogP contribution in [0.2, 0.25) is 0 Å². The number of sulfonamides is 1. The van der Waals surface area contributed by atoms with Gasteiger partial charge < -0.3 is 4.74 Å². The highest BCUT2D eigenvalue weighted by atomic mass is 32.2. The van der Waals surface area contributed by atoms with Crippen LogP contribution in [0.25, 0.3) is 10.2 Å². The van der Waals surface area contributed by atoms with Gasteiger partial charge in [-0.2, -0.15) is 0 Å². The predicted octanol–water partition coefficient (Wildman–Crippen LogP) is 6.00. The number of rotatable bonds is 7. The van der Waals surface area contributed by atoms with Gasteiger partial charge in [-0.05, 0) is 78.9 Å². The lowest BCUT2D eigenvalue weighted by atomic mass is 10.0. The Morgan fingerprint density at radius 3 is 2.61 bits per heavy atom. The minimum absolute atomic E-state index is 0.143. The molecule has 0 N–H and O–H groups in total. The topological polar surface area (TPSA) is 92.7 Å². The van der Waals surface area contributed by atoms with Gasteiger partial charge in [0.2, 0.25) is 0 Å². The number of benzene rings is 3. The summed E-state index contributed by atoms with van der Waals surface area (Å²) in [6, 6.07) is 21.3. The summed E-state index contributed by atoms with van der Waals surface area (Å²) >= 11 is 1.41. The van der Waals surface area contributed by atoms with Gasteiger partial charge in [0, 0.05) is 24.5 Å². The zero-order valence-corrected chi connectivity index (χ0v) is 24.3. The molecule has 0 unspecified atom stereocenters. The molecule has 208 valence electrons. The number of hydrogen-bond donors (Lipinski definition) is 0. The van der Waals surface area contributed by atoms with E-state index in [2.05, 4.69) is 4.98 Å². The quantitative estimate of drug-likeness (QED) is 0.233. The molecule has 1 aliphatic rings. The Morgan fingerprint density at radius 2 is 1.85 bits per heavy atom. The Kier molecular flexibility index (Phi) is 7.19. The highest BCUT2D eigenvalue weighted by molar-refractivity contribution is 7.92. The van der Waals surface area contributed by atoms with Gasteiger partial charge in [-0.1, -0.05) is 41.7 Å². The normalized spacial score (nSPS) is 13.2. The first-order valence-electron chi connectivity index (χ1n) is 13.2. The number of fused-ring (bicyclic) bond motifs is 2. The van der Waals surface area contributed by atoms with Crippen LogP contribution in [0.4, 0.5) is 10.8 Å². The van der Waals surface area contributed by atoms with Crippen molar-refractivity contribution in [1.29, 1.82) is 0 Å². The number of amides is 1. The molecule has 8 nitrogen and oxygen atoms in total. The SMILES string of the molecule is COc1ccc(C)c2sc(N(Cc3cccnc3)C(=O)c3ccc(S(=O)(=O)N4CCCc5ccccc54)cc3)nc12. The average Bonchev–Trinajstić information content (AvgIpc) is 3.46. The molecule has 0 aliphatic carbocycles. The van der Waals surface area contributed by atoms with Crippen molar-refractivity contribution >= 4 is 48.3 Å². The number of aryl methyl sites for hydroxylation is 2. The van der Waals surface area contributed by atoms with Gasteiger partial charge in [0.05, 0.1) is 28.9 Å². The van der Waals surface area contributed by atoms with Crippen LogP contribution in [-0.2, 0) is 23.0 Å². The van der Waals surface area contributed by atoms with E-state index in [-0.39, 0.29) is 17.3 Å². The molecule has 2 aromatic heterocycles. The molecule has 3 heterocycles. The van der Waals surface area contributed by atoms with Crippen LogP contribution in [-0.4, -0.2) is 37.9 Å². The van der Waals surface area contributed by atoms with Crippen LogP contribution in [0.15, 0.2) is 90.1 Å². The lowest BCUT2D eigenvalue weighted by Gasteiger charge is -2.30. The molecule has 0 saturated carbocycles. The Balaban J connectivity index is 1.35. The van der Waals surface area contributed by atoms with E-state index in [1.54, 1.807) is 36.5 Å². The number of thiazole rings is 1. The molecule has 0 fully saturated rings. The number of pyridine rings is 1. The second-order valence-electron chi connectivity index (χ2n) is 9.85. The predicted molar refractivity (Wildman–Crippen MR) is 161 cm³/mol. The van der Waals surface area contributed by atoms with Gasteiger partial charge in [0.15, 0.2) is 5.13 Å². The van der Waals surface area contributed by atoms with Crippen molar-refractivity contribution in [2.24, 2.45) is 0 Å². The minimum Gasteiger partial charge on any atom is -0.494 e. The summed E-state index contributed by atoms with van der Waals surface area (Å²) in [6.07, 6.45) is 5.00. The Labute approximate surface area is 242 Å². The molecular formula is C31H28N4O4S2. The van der Waals surface area contributed by atoms with E-state index in [0.29, 0.717) is 34.2 Å². The maximum Gasteiger partial charge on any atom is 0.264 e. The molecule has 3 aromatic carbocycles. The van der Waals surface area contributed by atoms with Gasteiger partial charge in [-0.25, -0.2) is 13.4 Å². The molecule has 0 radical (unpaired) electrons. The number of carbonyl (C=O) groups excluding carboxylic acids is 1. The van der Waals surface area contributed by atoms with Gasteiger partial charge in [-0.3, -0.25) is 19.0 Å². The average molecular weight is 585 g/mol. The molecule has 10 heteroatoms. The summed E-state index contributed by atoms with van der Waals surface area (Å²) < 4.78 is 35.2. The summed E-state index contributed by atoms with van der Waals surface area (Å²) in [5.41, 5.74) is 4.65. The number of aromatic nitrogens is 2. The Hall–Kier alpha value is -4.28. The Morgan fingerprint density at radius 1 is 1.05 bits per heavy atom. The number of hydrogen-bond acceptors (Lipinski definition) is 7. The second-order valence-corrected chi connectivity index (χ2v) is 12.7. The van der Waals surface area contributed by atoms with Crippen molar-refractivity contribution in [3.05, 3.63) is 107 Å². The van der Waals surface area contributed by atoms with E-state index in [9.17, 15) is 13.2 Å². The molecule has 0 spiro atoms. The van der Waals surface area contributed by atoms with Crippen LogP contribution < -0.4 is 13.9 Å². The van der Waals surface area contributed by atoms with Crippen LogP contribution in [0.3, 0.4) is 0 Å². The van der Waals surface area contributed by atoms with Gasteiger partial charge in [0.25, 0.3) is 15.9 Å². The molecule has 41 heavy (non-hydrogen) atoms. The molecule has 5 aromatic rings. The summed E-state index contributed by atoms with van der Waals surface area (Å²) in [5.74, 6) is 0.340. The first-order valence-corrected chi connectivity index (χ1v) is 15.5. The van der Waals surface area contributed by atoms with E-state index in [1.165, 1.54) is 27.8 Å². The number of nitrogens with zero attached hydrogens (tertiary/aromatic N) is 4. The lowest BCUT2D eigenvalue weighted by Crippen LogP contribution is -2.35. The smallest absolute Gasteiger partial charge is 0.264 e. The van der Waals surface area contributed by atoms with Gasteiger partial charge in [-0.15, -0.1) is 0 Å². The fourth-order valence-corrected chi connectivity index (χ4v) is 7.67. The van der Waals surface area contributed by atoms with Crippen LogP contribution >= 0.6 is 11.3 Å². The molecule has 0 saturated heterocycles. The van der Waals surface area contributed by atoms with E-state index < -0.39 is 10.0 Å². The first kappa shape index (κ1) is 26.9. The third kappa shape index (κ3) is 5.05. The first-order chi connectivity index (χ1) is 19.9. The zero-order chi connectivity index (χ0) is 28.6. The molecule has 0 bridgehead atoms. The van der Waals surface area contributed by atoms with Crippen molar-refractivity contribution < 1.29 is 17.9 Å². The van der Waals surface area contributed by atoms with Crippen molar-refractivity contribution in [1.82, 2.24) is 9.97 Å². The summed E-state index contributed by atoms with van der Waals surface area (Å²) in [7, 11) is -2.20. The zero-order valence-electron chi connectivity index (χ0n) is 22.6. The van der Waals surface area contributed by atoms with Gasteiger partial charge in [0.1, 0.15) is 11.3 Å². The van der Waals surface area contributed by atoms with Gasteiger partial charge >= 0.3 is 0 Å². The lowest BCUT2D eigenvalue weighted by molar-refractivity contribution is 0.0985. The summed E-state index contributed by atoms with van der Waals surface area (Å²) in [5, 5.41) is 0.517. The van der Waals surface area contributed by atoms with Crippen LogP contribution in [0.5, 0.6) is 5.75 Å². The van der Waals surface area contributed by atoms with Crippen LogP contribution in [0, 0.1) is 6.92 Å². The summed E-state index contributed by atoms with van der Waals surface area (Å²) in [6.45, 7) is 2.66. The van der Waals surface area contributed by atoms with Crippen molar-refractivity contribution in [2.45, 2.75) is 31.2 Å². The van der Waals surface area contributed by atoms with Crippen LogP contribution in [0.1, 0.15) is 33.5 Å². The third-order valence-electron chi connectivity index (χ3n) is 7.21. The van der Waals surface area contributed by atoms with Crippen molar-refractivity contribution in [2.75, 3.05) is 22.9 Å². The number of para-hydroxylation sites is 1. The van der Waals surface area contributed by atoms with E-state index >= 15 is 0 Å². The minimum atomic E-state index is -3.79. The second kappa shape index (κ2) is 10.9. The largest absolute Gasteiger partial charge is 0.494 e. The Bertz CT molecular complexity index is 1840. The van der Waals surface area contributed by atoms with Crippen molar-refractivity contribution in [3.63, 3.8) is 0 Å². The third-order valence-corrected chi connectivity index (χ3v) is 10.2. The maximum absolute atomic E-state index is 14.0. The van der Waals surface area contributed by atoms with E-state index in [1.807, 2.05) is 55.5 Å². The molecule has 1 aliphatic heterocycles. The monoisotopic (exact) mass is 584 g/mol. The van der Waals surface area contributed by atoms with E-state index in [0.717, 1.165) is 34.2 Å². The standard InChI is InChI=1S/C31H28N4O4S2/c1-21-11-16-27(39-2)28-29(21)40-31(33-28)34(20-22-7-5-17-32-19-22)30(36)24-12-14-25(15-13-24)41(37,38)35-18-6-9-23-8-3-4-10-26(23)35/h3-5,7-8,10-17,19H,6,9,18,20H2,1-2H3. The summed E-state index contributed by atoms with van der Waals surface area (Å²) in [4.78, 5) is 24.7.